The van der Waals surface area contributed by atoms with E-state index in [9.17, 15) is 0 Å². The first-order chi connectivity index (χ1) is 14.2. The Bertz CT molecular complexity index is 1010. The third kappa shape index (κ3) is 3.56. The average Bonchev–Trinajstić information content (AvgIpc) is 3.34. The van der Waals surface area contributed by atoms with Crippen molar-refractivity contribution in [2.24, 2.45) is 0 Å². The highest BCUT2D eigenvalue weighted by Crippen LogP contribution is 2.39. The van der Waals surface area contributed by atoms with E-state index in [1.807, 2.05) is 13.0 Å². The van der Waals surface area contributed by atoms with Gasteiger partial charge in [0.2, 0.25) is 0 Å². The minimum atomic E-state index is 0.375. The van der Waals surface area contributed by atoms with Gasteiger partial charge in [0.05, 0.1) is 17.4 Å². The van der Waals surface area contributed by atoms with Gasteiger partial charge in [-0.3, -0.25) is 4.90 Å². The predicted molar refractivity (Wildman–Crippen MR) is 119 cm³/mol. The van der Waals surface area contributed by atoms with E-state index in [2.05, 4.69) is 57.4 Å². The van der Waals surface area contributed by atoms with Crippen LogP contribution in [0.3, 0.4) is 0 Å². The summed E-state index contributed by atoms with van der Waals surface area (Å²) in [6.07, 6.45) is 4.74. The third-order valence-electron chi connectivity index (χ3n) is 6.24. The first kappa shape index (κ1) is 18.7. The summed E-state index contributed by atoms with van der Waals surface area (Å²) in [5.74, 6) is 1.14. The number of piperidine rings is 1. The minimum Gasteiger partial charge on any atom is -0.369 e. The van der Waals surface area contributed by atoms with Crippen LogP contribution in [0.4, 0.5) is 5.82 Å². The van der Waals surface area contributed by atoms with Crippen LogP contribution in [0.15, 0.2) is 48.5 Å². The number of anilines is 1. The van der Waals surface area contributed by atoms with Crippen LogP contribution in [0.5, 0.6) is 0 Å². The number of hydrogen-bond donors (Lipinski definition) is 1. The van der Waals surface area contributed by atoms with Gasteiger partial charge in [-0.2, -0.15) is 5.10 Å². The normalized spacial score (nSPS) is 19.2. The second-order valence-electron chi connectivity index (χ2n) is 8.20. The number of nitrogens with zero attached hydrogens (tertiary/aromatic N) is 3. The molecule has 1 unspecified atom stereocenters. The van der Waals surface area contributed by atoms with Crippen molar-refractivity contribution in [3.05, 3.63) is 75.9 Å². The summed E-state index contributed by atoms with van der Waals surface area (Å²) in [4.78, 5) is 2.62. The fourth-order valence-electron chi connectivity index (χ4n) is 4.68. The van der Waals surface area contributed by atoms with E-state index >= 15 is 0 Å². The van der Waals surface area contributed by atoms with Crippen molar-refractivity contribution in [2.75, 3.05) is 18.4 Å². The first-order valence-corrected chi connectivity index (χ1v) is 11.0. The van der Waals surface area contributed by atoms with E-state index in [1.165, 1.54) is 36.1 Å². The molecule has 3 aromatic rings. The summed E-state index contributed by atoms with van der Waals surface area (Å²) in [6, 6.07) is 17.4. The maximum atomic E-state index is 6.41. The van der Waals surface area contributed by atoms with Gasteiger partial charge >= 0.3 is 0 Å². The molecule has 2 aliphatic rings. The van der Waals surface area contributed by atoms with Crippen molar-refractivity contribution in [1.29, 1.82) is 0 Å². The number of aromatic nitrogens is 2. The number of halogens is 1. The summed E-state index contributed by atoms with van der Waals surface area (Å²) in [5, 5.41) is 9.49. The molecule has 0 spiro atoms. The van der Waals surface area contributed by atoms with Crippen molar-refractivity contribution in [3.63, 3.8) is 0 Å². The molecule has 4 nitrogen and oxygen atoms in total. The highest BCUT2D eigenvalue weighted by Gasteiger charge is 2.32. The highest BCUT2D eigenvalue weighted by atomic mass is 35.5. The van der Waals surface area contributed by atoms with Crippen LogP contribution >= 0.6 is 11.6 Å². The molecule has 3 heterocycles. The van der Waals surface area contributed by atoms with Crippen molar-refractivity contribution in [2.45, 2.75) is 45.2 Å². The van der Waals surface area contributed by atoms with Gasteiger partial charge in [0.15, 0.2) is 0 Å². The maximum Gasteiger partial charge on any atom is 0.133 e. The Balaban J connectivity index is 1.52. The van der Waals surface area contributed by atoms with Crippen molar-refractivity contribution >= 4 is 17.4 Å². The second kappa shape index (κ2) is 7.85. The highest BCUT2D eigenvalue weighted by molar-refractivity contribution is 6.31. The summed E-state index contributed by atoms with van der Waals surface area (Å²) < 4.78 is 2.07. The molecule has 2 aromatic carbocycles. The molecule has 1 aromatic heterocycles. The van der Waals surface area contributed by atoms with Gasteiger partial charge in [-0.1, -0.05) is 54.4 Å². The van der Waals surface area contributed by atoms with Gasteiger partial charge in [0.25, 0.3) is 0 Å². The summed E-state index contributed by atoms with van der Waals surface area (Å²) in [6.45, 7) is 5.12. The van der Waals surface area contributed by atoms with Crippen molar-refractivity contribution in [3.8, 4) is 5.69 Å². The van der Waals surface area contributed by atoms with Crippen LogP contribution in [-0.2, 0) is 13.0 Å². The largest absolute Gasteiger partial charge is 0.369 e. The molecule has 1 atom stereocenters. The topological polar surface area (TPSA) is 33.1 Å². The van der Waals surface area contributed by atoms with E-state index < -0.39 is 0 Å². The zero-order chi connectivity index (χ0) is 19.8. The SMILES string of the molecule is Cc1ccc(-n2nc(C3CCCCN3Cc3ccccc3)c3c2NCC3)cc1Cl. The molecule has 2 aliphatic heterocycles. The summed E-state index contributed by atoms with van der Waals surface area (Å²) in [7, 11) is 0. The van der Waals surface area contributed by atoms with Crippen LogP contribution < -0.4 is 5.32 Å². The molecule has 0 radical (unpaired) electrons. The number of benzene rings is 2. The van der Waals surface area contributed by atoms with E-state index in [1.54, 1.807) is 0 Å². The molecule has 0 aliphatic carbocycles. The van der Waals surface area contributed by atoms with Gasteiger partial charge in [0, 0.05) is 23.7 Å². The Morgan fingerprint density at radius 3 is 2.83 bits per heavy atom. The lowest BCUT2D eigenvalue weighted by atomic mass is 9.95. The van der Waals surface area contributed by atoms with Crippen molar-refractivity contribution < 1.29 is 0 Å². The number of rotatable bonds is 4. The monoisotopic (exact) mass is 406 g/mol. The Morgan fingerprint density at radius 2 is 2.00 bits per heavy atom. The van der Waals surface area contributed by atoms with Gasteiger partial charge in [0.1, 0.15) is 5.82 Å². The fourth-order valence-corrected chi connectivity index (χ4v) is 4.85. The number of hydrogen-bond acceptors (Lipinski definition) is 3. The fraction of sp³-hybridized carbons (Fsp3) is 0.375. The molecule has 29 heavy (non-hydrogen) atoms. The Morgan fingerprint density at radius 1 is 1.14 bits per heavy atom. The molecule has 1 N–H and O–H groups in total. The van der Waals surface area contributed by atoms with E-state index in [4.69, 9.17) is 16.7 Å². The quantitative estimate of drug-likeness (QED) is 0.618. The molecular formula is C24H27ClN4. The van der Waals surface area contributed by atoms with Crippen LogP contribution in [0.25, 0.3) is 5.69 Å². The third-order valence-corrected chi connectivity index (χ3v) is 6.65. The second-order valence-corrected chi connectivity index (χ2v) is 8.61. The van der Waals surface area contributed by atoms with Gasteiger partial charge in [-0.15, -0.1) is 0 Å². The Hall–Kier alpha value is -2.30. The van der Waals surface area contributed by atoms with Crippen LogP contribution in [0.2, 0.25) is 5.02 Å². The lowest BCUT2D eigenvalue weighted by Crippen LogP contribution is -2.33. The van der Waals surface area contributed by atoms with Gasteiger partial charge in [-0.05, 0) is 56.0 Å². The summed E-state index contributed by atoms with van der Waals surface area (Å²) >= 11 is 6.41. The zero-order valence-corrected chi connectivity index (χ0v) is 17.6. The average molecular weight is 407 g/mol. The molecule has 1 fully saturated rings. The molecule has 0 saturated carbocycles. The first-order valence-electron chi connectivity index (χ1n) is 10.6. The molecule has 5 rings (SSSR count). The lowest BCUT2D eigenvalue weighted by molar-refractivity contribution is 0.136. The Labute approximate surface area is 177 Å². The van der Waals surface area contributed by atoms with E-state index in [-0.39, 0.29) is 0 Å². The number of fused-ring (bicyclic) bond motifs is 1. The maximum absolute atomic E-state index is 6.41. The van der Waals surface area contributed by atoms with Gasteiger partial charge in [-0.25, -0.2) is 4.68 Å². The van der Waals surface area contributed by atoms with E-state index in [0.29, 0.717) is 6.04 Å². The number of nitrogens with one attached hydrogen (secondary N) is 1. The van der Waals surface area contributed by atoms with Crippen molar-refractivity contribution in [1.82, 2.24) is 14.7 Å². The molecular weight excluding hydrogens is 380 g/mol. The van der Waals surface area contributed by atoms with Crippen LogP contribution in [-0.4, -0.2) is 27.8 Å². The molecule has 1 saturated heterocycles. The van der Waals surface area contributed by atoms with Crippen LogP contribution in [0.1, 0.15) is 47.7 Å². The Kier molecular flexibility index (Phi) is 5.06. The molecule has 0 bridgehead atoms. The lowest BCUT2D eigenvalue weighted by Gasteiger charge is -2.35. The molecule has 150 valence electrons. The summed E-state index contributed by atoms with van der Waals surface area (Å²) in [5.41, 5.74) is 6.12. The predicted octanol–water partition coefficient (Wildman–Crippen LogP) is 5.53. The zero-order valence-electron chi connectivity index (χ0n) is 16.9. The standard InChI is InChI=1S/C24H27ClN4/c1-17-10-11-19(15-21(17)25)29-24-20(12-13-26-24)23(27-29)22-9-5-6-14-28(22)16-18-7-3-2-4-8-18/h2-4,7-8,10-11,15,22,26H,5-6,9,12-14,16H2,1H3. The molecule has 5 heteroatoms. The minimum absolute atomic E-state index is 0.375. The van der Waals surface area contributed by atoms with E-state index in [0.717, 1.165) is 48.1 Å². The van der Waals surface area contributed by atoms with Crippen LogP contribution in [0, 0.1) is 6.92 Å². The van der Waals surface area contributed by atoms with Gasteiger partial charge < -0.3 is 5.32 Å². The smallest absolute Gasteiger partial charge is 0.133 e. The number of likely N-dealkylation sites (tertiary alicyclic amines) is 1. The molecule has 0 amide bonds. The number of aryl methyl sites for hydroxylation is 1.